The van der Waals surface area contributed by atoms with E-state index in [0.717, 1.165) is 13.0 Å². The molecule has 3 nitrogen and oxygen atoms in total. The van der Waals surface area contributed by atoms with Crippen molar-refractivity contribution in [1.29, 1.82) is 0 Å². The van der Waals surface area contributed by atoms with E-state index in [-0.39, 0.29) is 17.4 Å². The summed E-state index contributed by atoms with van der Waals surface area (Å²) in [6, 6.07) is 4.53. The molecule has 0 aliphatic rings. The second-order valence-corrected chi connectivity index (χ2v) is 4.13. The highest BCUT2D eigenvalue weighted by Crippen LogP contribution is 2.23. The molecule has 0 radical (unpaired) electrons. The van der Waals surface area contributed by atoms with Crippen molar-refractivity contribution < 1.29 is 14.2 Å². The Morgan fingerprint density at radius 3 is 3.00 bits per heavy atom. The zero-order valence-electron chi connectivity index (χ0n) is 9.75. The molecule has 0 aromatic heterocycles. The molecule has 0 saturated heterocycles. The van der Waals surface area contributed by atoms with Crippen molar-refractivity contribution in [2.24, 2.45) is 0 Å². The Kier molecular flexibility index (Phi) is 6.26. The summed E-state index contributed by atoms with van der Waals surface area (Å²) in [4.78, 5) is 0. The quantitative estimate of drug-likeness (QED) is 0.740. The number of rotatable bonds is 7. The van der Waals surface area contributed by atoms with Crippen LogP contribution in [0.5, 0.6) is 5.75 Å². The number of hydrogen-bond acceptors (Lipinski definition) is 3. The molecule has 0 fully saturated rings. The van der Waals surface area contributed by atoms with Gasteiger partial charge in [-0.1, -0.05) is 24.6 Å². The predicted octanol–water partition coefficient (Wildman–Crippen LogP) is 2.22. The van der Waals surface area contributed by atoms with Crippen LogP contribution >= 0.6 is 11.6 Å². The predicted molar refractivity (Wildman–Crippen MR) is 66.1 cm³/mol. The van der Waals surface area contributed by atoms with Crippen molar-refractivity contribution in [3.63, 3.8) is 0 Å². The molecule has 0 bridgehead atoms. The Hall–Kier alpha value is -0.840. The van der Waals surface area contributed by atoms with E-state index in [4.69, 9.17) is 16.3 Å². The minimum Gasteiger partial charge on any atom is -0.488 e. The van der Waals surface area contributed by atoms with Gasteiger partial charge in [0.05, 0.1) is 5.02 Å². The third-order valence-electron chi connectivity index (χ3n) is 2.15. The van der Waals surface area contributed by atoms with E-state index in [1.807, 2.05) is 6.92 Å². The first kappa shape index (κ1) is 14.2. The molecule has 0 saturated carbocycles. The lowest BCUT2D eigenvalue weighted by molar-refractivity contribution is 0.104. The Labute approximate surface area is 106 Å². The van der Waals surface area contributed by atoms with Gasteiger partial charge in [-0.2, -0.15) is 0 Å². The van der Waals surface area contributed by atoms with Crippen molar-refractivity contribution in [2.75, 3.05) is 19.7 Å². The molecule has 1 aromatic rings. The van der Waals surface area contributed by atoms with Crippen LogP contribution in [0, 0.1) is 5.82 Å². The normalized spacial score (nSPS) is 12.5. The fourth-order valence-corrected chi connectivity index (χ4v) is 1.45. The minimum atomic E-state index is -0.667. The van der Waals surface area contributed by atoms with Crippen molar-refractivity contribution in [3.8, 4) is 5.75 Å². The molecule has 17 heavy (non-hydrogen) atoms. The number of halogens is 2. The Balaban J connectivity index is 2.37. The van der Waals surface area contributed by atoms with Gasteiger partial charge in [-0.3, -0.25) is 0 Å². The molecule has 1 rings (SSSR count). The first-order valence-electron chi connectivity index (χ1n) is 5.60. The lowest BCUT2D eigenvalue weighted by Gasteiger charge is -2.13. The summed E-state index contributed by atoms with van der Waals surface area (Å²) in [6.07, 6.45) is 0.330. The highest BCUT2D eigenvalue weighted by Gasteiger charge is 2.09. The van der Waals surface area contributed by atoms with Crippen molar-refractivity contribution in [2.45, 2.75) is 19.4 Å². The summed E-state index contributed by atoms with van der Waals surface area (Å²) < 4.78 is 18.6. The van der Waals surface area contributed by atoms with Crippen LogP contribution < -0.4 is 10.1 Å². The van der Waals surface area contributed by atoms with E-state index in [2.05, 4.69) is 5.32 Å². The number of benzene rings is 1. The van der Waals surface area contributed by atoms with Gasteiger partial charge in [0, 0.05) is 6.54 Å². The molecule has 1 atom stereocenters. The zero-order chi connectivity index (χ0) is 12.7. The molecule has 0 aliphatic heterocycles. The van der Waals surface area contributed by atoms with Crippen LogP contribution in [0.2, 0.25) is 5.02 Å². The molecular weight excluding hydrogens is 245 g/mol. The summed E-state index contributed by atoms with van der Waals surface area (Å²) in [5, 5.41) is 12.6. The van der Waals surface area contributed by atoms with Gasteiger partial charge in [0.15, 0.2) is 11.6 Å². The van der Waals surface area contributed by atoms with Crippen LogP contribution in [0.3, 0.4) is 0 Å². The van der Waals surface area contributed by atoms with Gasteiger partial charge in [-0.25, -0.2) is 4.39 Å². The third-order valence-corrected chi connectivity index (χ3v) is 2.45. The third kappa shape index (κ3) is 4.89. The minimum absolute atomic E-state index is 0.0149. The Bertz CT molecular complexity index is 349. The second kappa shape index (κ2) is 7.48. The maximum atomic E-state index is 13.4. The van der Waals surface area contributed by atoms with Gasteiger partial charge < -0.3 is 15.2 Å². The average Bonchev–Trinajstić information content (AvgIpc) is 2.31. The number of ether oxygens (including phenoxy) is 1. The van der Waals surface area contributed by atoms with Crippen LogP contribution in [0.25, 0.3) is 0 Å². The second-order valence-electron chi connectivity index (χ2n) is 3.72. The number of aliphatic hydroxyl groups excluding tert-OH is 1. The largest absolute Gasteiger partial charge is 0.488 e. The Morgan fingerprint density at radius 2 is 2.29 bits per heavy atom. The van der Waals surface area contributed by atoms with E-state index in [0.29, 0.717) is 6.54 Å². The summed E-state index contributed by atoms with van der Waals surface area (Å²) in [5.41, 5.74) is 0. The van der Waals surface area contributed by atoms with Gasteiger partial charge in [-0.05, 0) is 25.1 Å². The van der Waals surface area contributed by atoms with Crippen molar-refractivity contribution >= 4 is 11.6 Å². The summed E-state index contributed by atoms with van der Waals surface area (Å²) in [6.45, 7) is 3.34. The number of aliphatic hydroxyl groups is 1. The van der Waals surface area contributed by atoms with Crippen LogP contribution in [0.1, 0.15) is 13.3 Å². The maximum absolute atomic E-state index is 13.4. The lowest BCUT2D eigenvalue weighted by Crippen LogP contribution is -2.31. The molecule has 96 valence electrons. The topological polar surface area (TPSA) is 41.5 Å². The summed E-state index contributed by atoms with van der Waals surface area (Å²) in [5.74, 6) is -0.532. The van der Waals surface area contributed by atoms with Crippen LogP contribution in [0.4, 0.5) is 4.39 Å². The fraction of sp³-hybridized carbons (Fsp3) is 0.500. The fourth-order valence-electron chi connectivity index (χ4n) is 1.29. The molecule has 1 unspecified atom stereocenters. The zero-order valence-corrected chi connectivity index (χ0v) is 10.5. The SMILES string of the molecule is CCCNCC(O)COc1cccc(Cl)c1F. The molecule has 5 heteroatoms. The van der Waals surface area contributed by atoms with Gasteiger partial charge in [0.25, 0.3) is 0 Å². The van der Waals surface area contributed by atoms with E-state index >= 15 is 0 Å². The standard InChI is InChI=1S/C12H17ClFNO2/c1-2-6-15-7-9(16)8-17-11-5-3-4-10(13)12(11)14/h3-5,9,15-16H,2,6-8H2,1H3. The monoisotopic (exact) mass is 261 g/mol. The van der Waals surface area contributed by atoms with Gasteiger partial charge in [0.1, 0.15) is 12.7 Å². The Morgan fingerprint density at radius 1 is 1.53 bits per heavy atom. The van der Waals surface area contributed by atoms with E-state index < -0.39 is 11.9 Å². The molecule has 1 aromatic carbocycles. The molecule has 0 spiro atoms. The van der Waals surface area contributed by atoms with Gasteiger partial charge in [0.2, 0.25) is 0 Å². The lowest BCUT2D eigenvalue weighted by atomic mass is 10.3. The molecule has 2 N–H and O–H groups in total. The molecular formula is C12H17ClFNO2. The molecule has 0 aliphatic carbocycles. The number of hydrogen-bond donors (Lipinski definition) is 2. The summed E-state index contributed by atoms with van der Waals surface area (Å²) in [7, 11) is 0. The van der Waals surface area contributed by atoms with E-state index in [1.54, 1.807) is 6.07 Å². The molecule has 0 amide bonds. The summed E-state index contributed by atoms with van der Waals surface area (Å²) >= 11 is 5.60. The van der Waals surface area contributed by atoms with Gasteiger partial charge >= 0.3 is 0 Å². The first-order chi connectivity index (χ1) is 8.15. The molecule has 0 heterocycles. The first-order valence-corrected chi connectivity index (χ1v) is 5.98. The van der Waals surface area contributed by atoms with Crippen molar-refractivity contribution in [1.82, 2.24) is 5.32 Å². The van der Waals surface area contributed by atoms with Crippen molar-refractivity contribution in [3.05, 3.63) is 29.0 Å². The van der Waals surface area contributed by atoms with E-state index in [1.165, 1.54) is 12.1 Å². The van der Waals surface area contributed by atoms with E-state index in [9.17, 15) is 9.50 Å². The van der Waals surface area contributed by atoms with Crippen LogP contribution in [-0.4, -0.2) is 30.9 Å². The highest BCUT2D eigenvalue weighted by atomic mass is 35.5. The smallest absolute Gasteiger partial charge is 0.183 e. The van der Waals surface area contributed by atoms with Crippen LogP contribution in [-0.2, 0) is 0 Å². The number of nitrogens with one attached hydrogen (secondary N) is 1. The maximum Gasteiger partial charge on any atom is 0.183 e. The van der Waals surface area contributed by atoms with Gasteiger partial charge in [-0.15, -0.1) is 0 Å². The van der Waals surface area contributed by atoms with Crippen LogP contribution in [0.15, 0.2) is 18.2 Å². The average molecular weight is 262 g/mol. The highest BCUT2D eigenvalue weighted by molar-refractivity contribution is 6.30.